The number of aromatic amines is 1. The maximum atomic E-state index is 4.19. The molecule has 0 saturated heterocycles. The minimum Gasteiger partial charge on any atom is -0.354 e. The average Bonchev–Trinajstić information content (AvgIpc) is 2.88. The van der Waals surface area contributed by atoms with Gasteiger partial charge in [0.2, 0.25) is 0 Å². The van der Waals surface area contributed by atoms with E-state index in [-0.39, 0.29) is 0 Å². The molecule has 0 saturated carbocycles. The fraction of sp³-hybridized carbons (Fsp3) is 0. The van der Waals surface area contributed by atoms with Gasteiger partial charge < -0.3 is 4.98 Å². The number of pyridine rings is 1. The van der Waals surface area contributed by atoms with Crippen LogP contribution in [0.2, 0.25) is 0 Å². The highest BCUT2D eigenvalue weighted by molar-refractivity contribution is 7.17. The van der Waals surface area contributed by atoms with Gasteiger partial charge in [-0.2, -0.15) is 0 Å². The molecule has 3 heteroatoms. The number of rotatable bonds is 0. The molecule has 2 nitrogen and oxygen atoms in total. The molecule has 0 bridgehead atoms. The summed E-state index contributed by atoms with van der Waals surface area (Å²) in [5.74, 6) is 0. The number of thiophene rings is 1. The summed E-state index contributed by atoms with van der Waals surface area (Å²) in [4.78, 5) is 7.61. The molecule has 3 aromatic heterocycles. The summed E-state index contributed by atoms with van der Waals surface area (Å²) in [6.45, 7) is 0. The van der Waals surface area contributed by atoms with Crippen LogP contribution in [-0.4, -0.2) is 9.97 Å². The van der Waals surface area contributed by atoms with Crippen LogP contribution in [0, 0.1) is 0 Å². The Morgan fingerprint density at radius 3 is 3.06 bits per heavy atom. The first-order chi connectivity index (χ1) is 7.92. The Kier molecular flexibility index (Phi) is 1.47. The summed E-state index contributed by atoms with van der Waals surface area (Å²) in [6.07, 6.45) is 3.74. The number of hydrogen-bond donors (Lipinski definition) is 1. The zero-order chi connectivity index (χ0) is 10.5. The van der Waals surface area contributed by atoms with E-state index in [2.05, 4.69) is 33.5 Å². The van der Waals surface area contributed by atoms with Gasteiger partial charge in [0.15, 0.2) is 0 Å². The Bertz CT molecular complexity index is 810. The molecule has 0 atom stereocenters. The molecular formula is C13H8N2S. The Labute approximate surface area is 95.5 Å². The first kappa shape index (κ1) is 8.30. The predicted molar refractivity (Wildman–Crippen MR) is 69.0 cm³/mol. The second-order valence-electron chi connectivity index (χ2n) is 3.90. The molecule has 0 aliphatic heterocycles. The van der Waals surface area contributed by atoms with Gasteiger partial charge in [-0.25, -0.2) is 0 Å². The van der Waals surface area contributed by atoms with E-state index < -0.39 is 0 Å². The van der Waals surface area contributed by atoms with E-state index in [9.17, 15) is 0 Å². The van der Waals surface area contributed by atoms with Crippen molar-refractivity contribution in [1.82, 2.24) is 9.97 Å². The van der Waals surface area contributed by atoms with Crippen LogP contribution in [0.25, 0.3) is 31.9 Å². The number of H-pyrrole nitrogens is 1. The van der Waals surface area contributed by atoms with Crippen molar-refractivity contribution in [3.8, 4) is 0 Å². The summed E-state index contributed by atoms with van der Waals surface area (Å²) < 4.78 is 1.33. The molecule has 0 aliphatic carbocycles. The third-order valence-electron chi connectivity index (χ3n) is 2.97. The van der Waals surface area contributed by atoms with Crippen LogP contribution < -0.4 is 0 Å². The van der Waals surface area contributed by atoms with Gasteiger partial charge in [0, 0.05) is 38.9 Å². The second kappa shape index (κ2) is 2.83. The molecule has 3 heterocycles. The summed E-state index contributed by atoms with van der Waals surface area (Å²) in [5.41, 5.74) is 2.35. The van der Waals surface area contributed by atoms with Gasteiger partial charge in [-0.1, -0.05) is 0 Å². The molecule has 0 fully saturated rings. The average molecular weight is 224 g/mol. The summed E-state index contributed by atoms with van der Waals surface area (Å²) in [7, 11) is 0. The fourth-order valence-corrected chi connectivity index (χ4v) is 3.01. The van der Waals surface area contributed by atoms with Crippen LogP contribution in [0.4, 0.5) is 0 Å². The molecule has 1 N–H and O–H groups in total. The van der Waals surface area contributed by atoms with E-state index >= 15 is 0 Å². The largest absolute Gasteiger partial charge is 0.354 e. The van der Waals surface area contributed by atoms with Gasteiger partial charge in [0.1, 0.15) is 0 Å². The number of aromatic nitrogens is 2. The number of fused-ring (bicyclic) bond motifs is 4. The van der Waals surface area contributed by atoms with Crippen LogP contribution >= 0.6 is 11.3 Å². The first-order valence-corrected chi connectivity index (χ1v) is 6.02. The molecule has 4 rings (SSSR count). The van der Waals surface area contributed by atoms with Crippen molar-refractivity contribution >= 4 is 43.2 Å². The lowest BCUT2D eigenvalue weighted by Gasteiger charge is -1.91. The van der Waals surface area contributed by atoms with Crippen molar-refractivity contribution in [3.05, 3.63) is 42.0 Å². The van der Waals surface area contributed by atoms with Gasteiger partial charge >= 0.3 is 0 Å². The van der Waals surface area contributed by atoms with Gasteiger partial charge in [-0.05, 0) is 35.0 Å². The fourth-order valence-electron chi connectivity index (χ4n) is 2.20. The number of hydrogen-bond acceptors (Lipinski definition) is 2. The van der Waals surface area contributed by atoms with E-state index in [0.717, 1.165) is 5.52 Å². The highest BCUT2D eigenvalue weighted by Crippen LogP contribution is 2.30. The summed E-state index contributed by atoms with van der Waals surface area (Å²) in [5, 5.41) is 5.89. The Morgan fingerprint density at radius 2 is 2.06 bits per heavy atom. The third kappa shape index (κ3) is 0.981. The lowest BCUT2D eigenvalue weighted by molar-refractivity contribution is 1.36. The minimum atomic E-state index is 1.16. The monoisotopic (exact) mass is 224 g/mol. The van der Waals surface area contributed by atoms with E-state index in [0.29, 0.717) is 0 Å². The highest BCUT2D eigenvalue weighted by Gasteiger charge is 2.05. The third-order valence-corrected chi connectivity index (χ3v) is 3.85. The van der Waals surface area contributed by atoms with Crippen LogP contribution in [0.1, 0.15) is 0 Å². The lowest BCUT2D eigenvalue weighted by atomic mass is 10.1. The molecular weight excluding hydrogens is 216 g/mol. The van der Waals surface area contributed by atoms with E-state index in [1.807, 2.05) is 18.5 Å². The van der Waals surface area contributed by atoms with E-state index in [4.69, 9.17) is 0 Å². The molecule has 4 aromatic rings. The van der Waals surface area contributed by atoms with Crippen molar-refractivity contribution in [1.29, 1.82) is 0 Å². The van der Waals surface area contributed by atoms with Gasteiger partial charge in [-0.3, -0.25) is 4.98 Å². The zero-order valence-electron chi connectivity index (χ0n) is 8.40. The Hall–Kier alpha value is -1.87. The van der Waals surface area contributed by atoms with Crippen LogP contribution in [-0.2, 0) is 0 Å². The maximum absolute atomic E-state index is 4.19. The molecule has 16 heavy (non-hydrogen) atoms. The molecule has 1 aromatic carbocycles. The number of nitrogens with zero attached hydrogens (tertiary/aromatic N) is 1. The van der Waals surface area contributed by atoms with E-state index in [1.54, 1.807) is 11.3 Å². The normalized spacial score (nSPS) is 11.8. The van der Waals surface area contributed by atoms with Gasteiger partial charge in [0.25, 0.3) is 0 Å². The maximum Gasteiger partial charge on any atom is 0.0495 e. The standard InChI is InChI=1S/C13H8N2S/c1-3-14-7-10-9-5-8-2-4-16-13(8)6-12(9)15-11(1)10/h1-7,15H. The number of nitrogens with one attached hydrogen (secondary N) is 1. The Morgan fingerprint density at radius 1 is 1.06 bits per heavy atom. The molecule has 76 valence electrons. The van der Waals surface area contributed by atoms with Crippen LogP contribution in [0.3, 0.4) is 0 Å². The van der Waals surface area contributed by atoms with Crippen LogP contribution in [0.15, 0.2) is 42.0 Å². The summed E-state index contributed by atoms with van der Waals surface area (Å²) in [6, 6.07) is 8.63. The van der Waals surface area contributed by atoms with Gasteiger partial charge in [0.05, 0.1) is 0 Å². The van der Waals surface area contributed by atoms with Crippen LogP contribution in [0.5, 0.6) is 0 Å². The van der Waals surface area contributed by atoms with Crippen molar-refractivity contribution in [2.75, 3.05) is 0 Å². The Balaban J connectivity index is 2.32. The lowest BCUT2D eigenvalue weighted by Crippen LogP contribution is -1.69. The molecule has 0 radical (unpaired) electrons. The molecule has 0 unspecified atom stereocenters. The molecule has 0 spiro atoms. The second-order valence-corrected chi connectivity index (χ2v) is 4.85. The van der Waals surface area contributed by atoms with Crippen molar-refractivity contribution in [2.45, 2.75) is 0 Å². The van der Waals surface area contributed by atoms with E-state index in [1.165, 1.54) is 26.4 Å². The molecule has 0 amide bonds. The topological polar surface area (TPSA) is 28.7 Å². The number of benzene rings is 1. The quantitative estimate of drug-likeness (QED) is 0.481. The zero-order valence-corrected chi connectivity index (χ0v) is 9.21. The highest BCUT2D eigenvalue weighted by atomic mass is 32.1. The minimum absolute atomic E-state index is 1.16. The van der Waals surface area contributed by atoms with Crippen molar-refractivity contribution in [3.63, 3.8) is 0 Å². The van der Waals surface area contributed by atoms with Gasteiger partial charge in [-0.15, -0.1) is 11.3 Å². The van der Waals surface area contributed by atoms with Crippen molar-refractivity contribution in [2.24, 2.45) is 0 Å². The SMILES string of the molecule is c1cc2[nH]c3cc4sccc4cc3c2cn1. The smallest absolute Gasteiger partial charge is 0.0495 e. The summed E-state index contributed by atoms with van der Waals surface area (Å²) >= 11 is 1.78. The predicted octanol–water partition coefficient (Wildman–Crippen LogP) is 3.93. The first-order valence-electron chi connectivity index (χ1n) is 5.14. The molecule has 0 aliphatic rings. The van der Waals surface area contributed by atoms with Crippen molar-refractivity contribution < 1.29 is 0 Å².